The van der Waals surface area contributed by atoms with Crippen LogP contribution in [-0.2, 0) is 11.2 Å². The lowest BCUT2D eigenvalue weighted by atomic mass is 9.35. The molecule has 2 saturated carbocycles. The summed E-state index contributed by atoms with van der Waals surface area (Å²) in [5.41, 5.74) is 5.47. The predicted molar refractivity (Wildman–Crippen MR) is 130 cm³/mol. The van der Waals surface area contributed by atoms with Gasteiger partial charge in [-0.3, -0.25) is 4.79 Å². The number of carbonyl (C=O) groups is 1. The average molecular weight is 453 g/mol. The summed E-state index contributed by atoms with van der Waals surface area (Å²) in [6.45, 7) is 13.2. The minimum Gasteiger partial charge on any atom is -0.481 e. The number of aliphatic hydroxyl groups excluding tert-OH is 2. The maximum Gasteiger partial charge on any atom is 0.312 e. The van der Waals surface area contributed by atoms with E-state index in [1.54, 1.807) is 6.92 Å². The van der Waals surface area contributed by atoms with E-state index >= 15 is 0 Å². The van der Waals surface area contributed by atoms with E-state index in [2.05, 4.69) is 52.8 Å². The van der Waals surface area contributed by atoms with Crippen LogP contribution in [-0.4, -0.2) is 33.5 Å². The molecule has 4 heteroatoms. The van der Waals surface area contributed by atoms with Gasteiger partial charge >= 0.3 is 5.97 Å². The lowest BCUT2D eigenvalue weighted by Gasteiger charge is -2.69. The van der Waals surface area contributed by atoms with E-state index in [-0.39, 0.29) is 28.1 Å². The molecule has 0 aromatic heterocycles. The molecule has 8 atom stereocenters. The summed E-state index contributed by atoms with van der Waals surface area (Å²) >= 11 is 0. The van der Waals surface area contributed by atoms with Crippen LogP contribution >= 0.6 is 0 Å². The van der Waals surface area contributed by atoms with Crippen LogP contribution in [0.1, 0.15) is 82.1 Å². The molecule has 2 unspecified atom stereocenters. The van der Waals surface area contributed by atoms with E-state index in [0.29, 0.717) is 6.42 Å². The molecule has 4 nitrogen and oxygen atoms in total. The van der Waals surface area contributed by atoms with Crippen molar-refractivity contribution in [2.75, 3.05) is 0 Å². The Balaban J connectivity index is 1.67. The first-order valence-electron chi connectivity index (χ1n) is 12.7. The maximum absolute atomic E-state index is 12.5. The molecular weight excluding hydrogens is 412 g/mol. The first-order valence-corrected chi connectivity index (χ1v) is 12.7. The number of hydrogen-bond donors (Lipinski definition) is 3. The Labute approximate surface area is 198 Å². The monoisotopic (exact) mass is 452 g/mol. The standard InChI is InChI=1S/C29H40O4/c1-16-7-8-18-11-13-27(4)19(23(18)17(16)2)9-10-21-26(3)15-20(30)24(31)29(6,25(32)33)22(26)12-14-28(21,27)5/h7-9,20-22,24,30-31H,10-15H2,1-6H3,(H,32,33)/t20-,21?,22?,24+,26-,27-,28-,29+/m1/s1. The minimum absolute atomic E-state index is 0.0100. The molecule has 0 aliphatic heterocycles. The molecule has 4 aliphatic carbocycles. The number of benzene rings is 1. The highest BCUT2D eigenvalue weighted by molar-refractivity contribution is 5.79. The second-order valence-corrected chi connectivity index (χ2v) is 12.6. The molecule has 180 valence electrons. The third-order valence-corrected chi connectivity index (χ3v) is 11.5. The van der Waals surface area contributed by atoms with Crippen LogP contribution in [0, 0.1) is 47.3 Å². The number of fused-ring (bicyclic) bond motifs is 7. The molecule has 2 fully saturated rings. The zero-order chi connectivity index (χ0) is 24.1. The predicted octanol–water partition coefficient (Wildman–Crippen LogP) is 5.30. The van der Waals surface area contributed by atoms with E-state index in [1.807, 2.05) is 0 Å². The molecule has 0 heterocycles. The zero-order valence-electron chi connectivity index (χ0n) is 21.0. The SMILES string of the molecule is Cc1ccc2c(c1C)C1=CCC3[C@@]4(C)C[C@@H](O)[C@H](O)[C@@](C)(C(=O)O)C4CC[C@@]3(C)[C@]1(C)CC2. The maximum atomic E-state index is 12.5. The van der Waals surface area contributed by atoms with Crippen molar-refractivity contribution in [3.05, 3.63) is 40.5 Å². The molecule has 33 heavy (non-hydrogen) atoms. The van der Waals surface area contributed by atoms with Gasteiger partial charge < -0.3 is 15.3 Å². The highest BCUT2D eigenvalue weighted by Crippen LogP contribution is 2.73. The smallest absolute Gasteiger partial charge is 0.312 e. The second kappa shape index (κ2) is 6.95. The average Bonchev–Trinajstić information content (AvgIpc) is 2.74. The molecule has 1 aromatic rings. The summed E-state index contributed by atoms with van der Waals surface area (Å²) in [7, 11) is 0. The molecule has 0 saturated heterocycles. The summed E-state index contributed by atoms with van der Waals surface area (Å²) in [6.07, 6.45) is 5.50. The van der Waals surface area contributed by atoms with Gasteiger partial charge in [0.2, 0.25) is 0 Å². The van der Waals surface area contributed by atoms with Crippen molar-refractivity contribution in [3.63, 3.8) is 0 Å². The van der Waals surface area contributed by atoms with Crippen LogP contribution in [0.4, 0.5) is 0 Å². The van der Waals surface area contributed by atoms with Gasteiger partial charge in [-0.1, -0.05) is 39.0 Å². The Morgan fingerprint density at radius 1 is 1.03 bits per heavy atom. The number of carboxylic acid groups (broad SMARTS) is 1. The Morgan fingerprint density at radius 2 is 1.73 bits per heavy atom. The van der Waals surface area contributed by atoms with Crippen molar-refractivity contribution in [2.24, 2.45) is 33.5 Å². The van der Waals surface area contributed by atoms with Gasteiger partial charge in [-0.25, -0.2) is 0 Å². The summed E-state index contributed by atoms with van der Waals surface area (Å²) in [5, 5.41) is 32.0. The Hall–Kier alpha value is -1.65. The van der Waals surface area contributed by atoms with E-state index in [0.717, 1.165) is 32.1 Å². The molecule has 0 bridgehead atoms. The van der Waals surface area contributed by atoms with Crippen molar-refractivity contribution in [1.29, 1.82) is 0 Å². The highest BCUT2D eigenvalue weighted by Gasteiger charge is 2.69. The molecule has 0 radical (unpaired) electrons. The van der Waals surface area contributed by atoms with Crippen LogP contribution in [0.15, 0.2) is 18.2 Å². The van der Waals surface area contributed by atoms with Gasteiger partial charge in [-0.05, 0) is 115 Å². The molecule has 5 rings (SSSR count). The van der Waals surface area contributed by atoms with Crippen LogP contribution in [0.5, 0.6) is 0 Å². The van der Waals surface area contributed by atoms with Gasteiger partial charge in [0.15, 0.2) is 0 Å². The number of aliphatic carboxylic acids is 1. The molecule has 0 amide bonds. The molecule has 4 aliphatic rings. The van der Waals surface area contributed by atoms with Gasteiger partial charge in [-0.15, -0.1) is 0 Å². The molecular formula is C29H40O4. The van der Waals surface area contributed by atoms with Crippen LogP contribution in [0.25, 0.3) is 5.57 Å². The zero-order valence-corrected chi connectivity index (χ0v) is 21.0. The first-order chi connectivity index (χ1) is 15.3. The summed E-state index contributed by atoms with van der Waals surface area (Å²) in [5.74, 6) is -0.869. The fourth-order valence-corrected chi connectivity index (χ4v) is 9.23. The summed E-state index contributed by atoms with van der Waals surface area (Å²) in [6, 6.07) is 4.56. The van der Waals surface area contributed by atoms with Gasteiger partial charge in [-0.2, -0.15) is 0 Å². The van der Waals surface area contributed by atoms with Crippen molar-refractivity contribution >= 4 is 11.5 Å². The number of carboxylic acids is 1. The Morgan fingerprint density at radius 3 is 2.39 bits per heavy atom. The number of aryl methyl sites for hydroxylation is 2. The Bertz CT molecular complexity index is 1060. The van der Waals surface area contributed by atoms with Crippen LogP contribution in [0.2, 0.25) is 0 Å². The normalized spacial score (nSPS) is 46.4. The topological polar surface area (TPSA) is 77.8 Å². The lowest BCUT2D eigenvalue weighted by Crippen LogP contribution is -2.68. The molecule has 1 aromatic carbocycles. The quantitative estimate of drug-likeness (QED) is 0.540. The van der Waals surface area contributed by atoms with Crippen LogP contribution < -0.4 is 0 Å². The van der Waals surface area contributed by atoms with Crippen molar-refractivity contribution in [2.45, 2.75) is 92.3 Å². The largest absolute Gasteiger partial charge is 0.481 e. The van der Waals surface area contributed by atoms with Crippen molar-refractivity contribution in [3.8, 4) is 0 Å². The highest BCUT2D eigenvalue weighted by atomic mass is 16.4. The summed E-state index contributed by atoms with van der Waals surface area (Å²) < 4.78 is 0. The second-order valence-electron chi connectivity index (χ2n) is 12.6. The van der Waals surface area contributed by atoms with Crippen LogP contribution in [0.3, 0.4) is 0 Å². The lowest BCUT2D eigenvalue weighted by molar-refractivity contribution is -0.234. The number of rotatable bonds is 1. The van der Waals surface area contributed by atoms with Gasteiger partial charge in [0.1, 0.15) is 0 Å². The molecule has 0 spiro atoms. The van der Waals surface area contributed by atoms with E-state index in [9.17, 15) is 20.1 Å². The third-order valence-electron chi connectivity index (χ3n) is 11.5. The first kappa shape index (κ1) is 23.1. The summed E-state index contributed by atoms with van der Waals surface area (Å²) in [4.78, 5) is 12.5. The van der Waals surface area contributed by atoms with Gasteiger partial charge in [0, 0.05) is 0 Å². The van der Waals surface area contributed by atoms with E-state index in [4.69, 9.17) is 0 Å². The molecule has 3 N–H and O–H groups in total. The van der Waals surface area contributed by atoms with Gasteiger partial charge in [0.25, 0.3) is 0 Å². The third kappa shape index (κ3) is 2.63. The van der Waals surface area contributed by atoms with Crippen molar-refractivity contribution < 1.29 is 20.1 Å². The Kier molecular flexibility index (Phi) is 4.86. The number of aliphatic hydroxyl groups is 2. The van der Waals surface area contributed by atoms with Crippen molar-refractivity contribution in [1.82, 2.24) is 0 Å². The fourth-order valence-electron chi connectivity index (χ4n) is 9.23. The number of hydrogen-bond acceptors (Lipinski definition) is 3. The van der Waals surface area contributed by atoms with E-state index in [1.165, 1.54) is 27.8 Å². The van der Waals surface area contributed by atoms with E-state index < -0.39 is 23.6 Å². The van der Waals surface area contributed by atoms with Gasteiger partial charge in [0.05, 0.1) is 17.6 Å². The number of allylic oxidation sites excluding steroid dienone is 2. The fraction of sp³-hybridized carbons (Fsp3) is 0.690. The minimum atomic E-state index is -1.33.